The summed E-state index contributed by atoms with van der Waals surface area (Å²) in [6.45, 7) is 3.62. The van der Waals surface area contributed by atoms with E-state index in [1.807, 2.05) is 11.8 Å². The minimum Gasteiger partial charge on any atom is -0.493 e. The summed E-state index contributed by atoms with van der Waals surface area (Å²) in [5.41, 5.74) is -0.650. The molecule has 4 rings (SSSR count). The number of likely N-dealkylation sites (N-methyl/N-ethyl adjacent to an activating group) is 1. The maximum Gasteiger partial charge on any atom is 0.419 e. The molecule has 182 valence electrons. The van der Waals surface area contributed by atoms with Gasteiger partial charge in [0.2, 0.25) is 11.7 Å². The van der Waals surface area contributed by atoms with E-state index in [4.69, 9.17) is 9.26 Å². The molecule has 1 N–H and O–H groups in total. The van der Waals surface area contributed by atoms with Crippen LogP contribution in [0, 0.1) is 5.92 Å². The number of alkyl halides is 3. The highest BCUT2D eigenvalue weighted by Crippen LogP contribution is 2.39. The molecule has 2 fully saturated rings. The van der Waals surface area contributed by atoms with Gasteiger partial charge < -0.3 is 14.4 Å². The van der Waals surface area contributed by atoms with E-state index in [1.165, 1.54) is 44.2 Å². The van der Waals surface area contributed by atoms with Crippen molar-refractivity contribution in [2.45, 2.75) is 76.6 Å². The number of hydrogen-bond donors (Lipinski definition) is 1. The third-order valence-corrected chi connectivity index (χ3v) is 6.85. The molecule has 0 spiro atoms. The van der Waals surface area contributed by atoms with Crippen molar-refractivity contribution in [3.63, 3.8) is 0 Å². The van der Waals surface area contributed by atoms with Crippen LogP contribution in [0.15, 0.2) is 22.7 Å². The molecule has 9 heteroatoms. The van der Waals surface area contributed by atoms with Gasteiger partial charge in [0.05, 0.1) is 18.3 Å². The van der Waals surface area contributed by atoms with Gasteiger partial charge in [-0.15, -0.1) is 0 Å². The first-order chi connectivity index (χ1) is 15.9. The molecule has 1 aliphatic heterocycles. The Morgan fingerprint density at radius 2 is 1.97 bits per heavy atom. The Hall–Kier alpha value is -2.13. The van der Waals surface area contributed by atoms with Crippen molar-refractivity contribution in [1.29, 1.82) is 0 Å². The fraction of sp³-hybridized carbons (Fsp3) is 0.667. The number of ether oxygens (including phenoxy) is 1. The van der Waals surface area contributed by atoms with E-state index in [0.717, 1.165) is 18.9 Å². The molecule has 1 aromatic carbocycles. The van der Waals surface area contributed by atoms with Crippen LogP contribution in [0.3, 0.4) is 0 Å². The molecule has 0 amide bonds. The number of aromatic nitrogens is 2. The molecule has 1 saturated heterocycles. The van der Waals surface area contributed by atoms with Gasteiger partial charge in [-0.1, -0.05) is 44.2 Å². The van der Waals surface area contributed by atoms with Crippen molar-refractivity contribution >= 4 is 0 Å². The lowest BCUT2D eigenvalue weighted by atomic mass is 9.86. The third kappa shape index (κ3) is 5.69. The number of aliphatic hydroxyl groups excluding tert-OH is 1. The molecule has 0 unspecified atom stereocenters. The van der Waals surface area contributed by atoms with Gasteiger partial charge in [-0.2, -0.15) is 18.2 Å². The van der Waals surface area contributed by atoms with Crippen molar-refractivity contribution < 1.29 is 27.5 Å². The summed E-state index contributed by atoms with van der Waals surface area (Å²) in [6, 6.07) is 3.42. The molecule has 0 radical (unpaired) electrons. The average molecular weight is 468 g/mol. The predicted molar refractivity (Wildman–Crippen MR) is 117 cm³/mol. The second kappa shape index (κ2) is 10.4. The van der Waals surface area contributed by atoms with Crippen LogP contribution in [0.5, 0.6) is 5.75 Å². The summed E-state index contributed by atoms with van der Waals surface area (Å²) in [5, 5.41) is 14.1. The summed E-state index contributed by atoms with van der Waals surface area (Å²) in [7, 11) is 0. The number of benzene rings is 1. The quantitative estimate of drug-likeness (QED) is 0.508. The standard InChI is InChI=1S/C24H32F3N3O3/c1-2-30-13-12-19(31)21(30)23-28-22(29-33-23)17-10-11-20(18(15-17)24(25,26)27)32-14-6-9-16-7-4-3-5-8-16/h10-11,15-16,19,21,31H,2-9,12-14H2,1H3/t19-,21-/m0/s1. The highest BCUT2D eigenvalue weighted by molar-refractivity contribution is 5.59. The normalized spacial score (nSPS) is 22.7. The van der Waals surface area contributed by atoms with E-state index < -0.39 is 23.9 Å². The van der Waals surface area contributed by atoms with Crippen LogP contribution in [0.1, 0.15) is 75.8 Å². The molecular formula is C24H32F3N3O3. The van der Waals surface area contributed by atoms with Crippen molar-refractivity contribution in [1.82, 2.24) is 15.0 Å². The maximum atomic E-state index is 13.8. The largest absolute Gasteiger partial charge is 0.493 e. The topological polar surface area (TPSA) is 71.6 Å². The highest BCUT2D eigenvalue weighted by atomic mass is 19.4. The van der Waals surface area contributed by atoms with Crippen molar-refractivity contribution in [3.8, 4) is 17.1 Å². The van der Waals surface area contributed by atoms with Gasteiger partial charge in [-0.3, -0.25) is 4.90 Å². The van der Waals surface area contributed by atoms with E-state index in [1.54, 1.807) is 0 Å². The van der Waals surface area contributed by atoms with E-state index in [9.17, 15) is 18.3 Å². The summed E-state index contributed by atoms with van der Waals surface area (Å²) in [6.07, 6.45) is 3.32. The van der Waals surface area contributed by atoms with Crippen molar-refractivity contribution in [2.24, 2.45) is 5.92 Å². The fourth-order valence-corrected chi connectivity index (χ4v) is 5.03. The number of nitrogens with zero attached hydrogens (tertiary/aromatic N) is 3. The lowest BCUT2D eigenvalue weighted by molar-refractivity contribution is -0.138. The Kier molecular flexibility index (Phi) is 7.58. The minimum absolute atomic E-state index is 0.0644. The van der Waals surface area contributed by atoms with Crippen LogP contribution in [0.25, 0.3) is 11.4 Å². The van der Waals surface area contributed by atoms with Crippen LogP contribution in [-0.4, -0.2) is 45.9 Å². The monoisotopic (exact) mass is 467 g/mol. The number of hydrogen-bond acceptors (Lipinski definition) is 6. The Balaban J connectivity index is 1.46. The molecule has 1 aliphatic carbocycles. The van der Waals surface area contributed by atoms with E-state index >= 15 is 0 Å². The Morgan fingerprint density at radius 3 is 2.70 bits per heavy atom. The molecule has 6 nitrogen and oxygen atoms in total. The van der Waals surface area contributed by atoms with Gasteiger partial charge in [0.15, 0.2) is 0 Å². The zero-order valence-corrected chi connectivity index (χ0v) is 19.0. The summed E-state index contributed by atoms with van der Waals surface area (Å²) in [4.78, 5) is 6.31. The number of aliphatic hydroxyl groups is 1. The van der Waals surface area contributed by atoms with Gasteiger partial charge in [0.1, 0.15) is 11.8 Å². The van der Waals surface area contributed by atoms with E-state index in [2.05, 4.69) is 10.1 Å². The molecule has 33 heavy (non-hydrogen) atoms. The van der Waals surface area contributed by atoms with E-state index in [-0.39, 0.29) is 29.6 Å². The Labute approximate surface area is 192 Å². The second-order valence-electron chi connectivity index (χ2n) is 9.09. The van der Waals surface area contributed by atoms with Crippen LogP contribution >= 0.6 is 0 Å². The smallest absolute Gasteiger partial charge is 0.419 e. The van der Waals surface area contributed by atoms with Gasteiger partial charge >= 0.3 is 6.18 Å². The molecule has 2 heterocycles. The minimum atomic E-state index is -4.57. The zero-order chi connectivity index (χ0) is 23.4. The molecule has 2 aliphatic rings. The van der Waals surface area contributed by atoms with Crippen LogP contribution in [0.4, 0.5) is 13.2 Å². The number of rotatable bonds is 8. The van der Waals surface area contributed by atoms with E-state index in [0.29, 0.717) is 25.4 Å². The summed E-state index contributed by atoms with van der Waals surface area (Å²) >= 11 is 0. The zero-order valence-electron chi connectivity index (χ0n) is 19.0. The predicted octanol–water partition coefficient (Wildman–Crippen LogP) is 5.62. The van der Waals surface area contributed by atoms with Gasteiger partial charge in [0, 0.05) is 12.1 Å². The fourth-order valence-electron chi connectivity index (χ4n) is 5.03. The highest BCUT2D eigenvalue weighted by Gasteiger charge is 2.38. The van der Waals surface area contributed by atoms with Gasteiger partial charge in [0.25, 0.3) is 0 Å². The van der Waals surface area contributed by atoms with Crippen molar-refractivity contribution in [3.05, 3.63) is 29.7 Å². The SMILES string of the molecule is CCN1CC[C@H](O)[C@H]1c1nc(-c2ccc(OCCCC3CCCCC3)c(C(F)(F)F)c2)no1. The lowest BCUT2D eigenvalue weighted by Crippen LogP contribution is -2.27. The third-order valence-electron chi connectivity index (χ3n) is 6.85. The Morgan fingerprint density at radius 1 is 1.18 bits per heavy atom. The second-order valence-corrected chi connectivity index (χ2v) is 9.09. The molecule has 0 bridgehead atoms. The molecule has 2 atom stereocenters. The number of likely N-dealkylation sites (tertiary alicyclic amines) is 1. The molecule has 1 aromatic heterocycles. The number of halogens is 3. The lowest BCUT2D eigenvalue weighted by Gasteiger charge is -2.21. The Bertz CT molecular complexity index is 912. The van der Waals surface area contributed by atoms with Crippen LogP contribution < -0.4 is 4.74 Å². The average Bonchev–Trinajstić information content (AvgIpc) is 3.43. The first kappa shape index (κ1) is 24.0. The van der Waals surface area contributed by atoms with Crippen LogP contribution in [-0.2, 0) is 6.18 Å². The first-order valence-corrected chi connectivity index (χ1v) is 12.0. The van der Waals surface area contributed by atoms with Gasteiger partial charge in [-0.05, 0) is 49.9 Å². The molecular weight excluding hydrogens is 435 g/mol. The van der Waals surface area contributed by atoms with Gasteiger partial charge in [-0.25, -0.2) is 0 Å². The molecule has 2 aromatic rings. The van der Waals surface area contributed by atoms with Crippen LogP contribution in [0.2, 0.25) is 0 Å². The van der Waals surface area contributed by atoms with Crippen molar-refractivity contribution in [2.75, 3.05) is 19.7 Å². The maximum absolute atomic E-state index is 13.8. The summed E-state index contributed by atoms with van der Waals surface area (Å²) in [5.74, 6) is 0.770. The first-order valence-electron chi connectivity index (χ1n) is 12.0. The molecule has 1 saturated carbocycles. The summed E-state index contributed by atoms with van der Waals surface area (Å²) < 4.78 is 52.2.